The smallest absolute Gasteiger partial charge is 0.405 e. The van der Waals surface area contributed by atoms with E-state index in [0.29, 0.717) is 37.4 Å². The van der Waals surface area contributed by atoms with Crippen LogP contribution in [0, 0.1) is 0 Å². The second kappa shape index (κ2) is 6.83. The normalized spacial score (nSPS) is 11.9. The predicted molar refractivity (Wildman–Crippen MR) is 104 cm³/mol. The highest BCUT2D eigenvalue weighted by molar-refractivity contribution is 7.25. The van der Waals surface area contributed by atoms with Crippen LogP contribution in [0.15, 0.2) is 53.6 Å². The van der Waals surface area contributed by atoms with Crippen molar-refractivity contribution in [1.29, 1.82) is 0 Å². The van der Waals surface area contributed by atoms with Gasteiger partial charge in [-0.2, -0.15) is 13.2 Å². The van der Waals surface area contributed by atoms with Gasteiger partial charge >= 0.3 is 6.18 Å². The standard InChI is InChI=1S/C19H14F3N3O2S/c1-27-12-4-2-11(3-5-12)25-9-7-13-15-14(24-10-19(20,21)22)6-8-23-17(15)28-16(13)18(25)26/h2-9H,10H2,1H3,(H,23,24). The van der Waals surface area contributed by atoms with Crippen molar-refractivity contribution in [3.63, 3.8) is 0 Å². The number of nitrogens with one attached hydrogen (secondary N) is 1. The Morgan fingerprint density at radius 3 is 2.61 bits per heavy atom. The third-order valence-electron chi connectivity index (χ3n) is 4.26. The lowest BCUT2D eigenvalue weighted by Crippen LogP contribution is -2.21. The van der Waals surface area contributed by atoms with Crippen LogP contribution in [0.1, 0.15) is 0 Å². The van der Waals surface area contributed by atoms with Crippen molar-refractivity contribution in [2.75, 3.05) is 19.0 Å². The summed E-state index contributed by atoms with van der Waals surface area (Å²) in [5.41, 5.74) is 0.705. The van der Waals surface area contributed by atoms with Crippen LogP contribution in [0.4, 0.5) is 18.9 Å². The Labute approximate surface area is 161 Å². The minimum atomic E-state index is -4.34. The monoisotopic (exact) mass is 405 g/mol. The van der Waals surface area contributed by atoms with E-state index in [9.17, 15) is 18.0 Å². The summed E-state index contributed by atoms with van der Waals surface area (Å²) in [6.07, 6.45) is -1.31. The summed E-state index contributed by atoms with van der Waals surface area (Å²) in [6, 6.07) is 10.2. The first-order valence-corrected chi connectivity index (χ1v) is 9.07. The van der Waals surface area contributed by atoms with Crippen molar-refractivity contribution in [2.45, 2.75) is 6.18 Å². The van der Waals surface area contributed by atoms with E-state index in [-0.39, 0.29) is 5.56 Å². The van der Waals surface area contributed by atoms with Crippen molar-refractivity contribution in [3.8, 4) is 11.4 Å². The van der Waals surface area contributed by atoms with Crippen LogP contribution in [-0.4, -0.2) is 29.4 Å². The van der Waals surface area contributed by atoms with E-state index in [1.165, 1.54) is 16.8 Å². The van der Waals surface area contributed by atoms with Crippen LogP contribution < -0.4 is 15.6 Å². The lowest BCUT2D eigenvalue weighted by molar-refractivity contribution is -0.115. The number of halogens is 3. The zero-order valence-electron chi connectivity index (χ0n) is 14.6. The maximum atomic E-state index is 13.0. The zero-order valence-corrected chi connectivity index (χ0v) is 15.4. The molecule has 3 aromatic heterocycles. The van der Waals surface area contributed by atoms with Crippen molar-refractivity contribution in [1.82, 2.24) is 9.55 Å². The van der Waals surface area contributed by atoms with Gasteiger partial charge < -0.3 is 10.1 Å². The van der Waals surface area contributed by atoms with Crippen LogP contribution in [0.2, 0.25) is 0 Å². The Morgan fingerprint density at radius 2 is 1.93 bits per heavy atom. The third kappa shape index (κ3) is 3.29. The number of aromatic nitrogens is 2. The average molecular weight is 405 g/mol. The molecule has 0 unspecified atom stereocenters. The average Bonchev–Trinajstić information content (AvgIpc) is 3.06. The topological polar surface area (TPSA) is 56.1 Å². The Hall–Kier alpha value is -3.07. The number of thiophene rings is 1. The summed E-state index contributed by atoms with van der Waals surface area (Å²) in [6.45, 7) is -1.16. The number of hydrogen-bond donors (Lipinski definition) is 1. The molecule has 0 aliphatic carbocycles. The molecule has 5 nitrogen and oxygen atoms in total. The molecule has 1 N–H and O–H groups in total. The Morgan fingerprint density at radius 1 is 1.18 bits per heavy atom. The van der Waals surface area contributed by atoms with Gasteiger partial charge in [0.1, 0.15) is 21.8 Å². The van der Waals surface area contributed by atoms with Gasteiger partial charge in [0.2, 0.25) is 0 Å². The van der Waals surface area contributed by atoms with Crippen LogP contribution in [0.5, 0.6) is 5.75 Å². The molecule has 28 heavy (non-hydrogen) atoms. The van der Waals surface area contributed by atoms with Gasteiger partial charge in [-0.15, -0.1) is 11.3 Å². The highest BCUT2D eigenvalue weighted by Gasteiger charge is 2.27. The number of anilines is 1. The molecule has 0 spiro atoms. The Balaban J connectivity index is 1.85. The number of nitrogens with zero attached hydrogens (tertiary/aromatic N) is 2. The van der Waals surface area contributed by atoms with Crippen molar-refractivity contribution >= 4 is 37.3 Å². The summed E-state index contributed by atoms with van der Waals surface area (Å²) in [4.78, 5) is 17.7. The minimum absolute atomic E-state index is 0.257. The fraction of sp³-hybridized carbons (Fsp3) is 0.158. The van der Waals surface area contributed by atoms with E-state index in [0.717, 1.165) is 11.3 Å². The quantitative estimate of drug-likeness (QED) is 0.540. The minimum Gasteiger partial charge on any atom is -0.497 e. The summed E-state index contributed by atoms with van der Waals surface area (Å²) >= 11 is 1.16. The molecule has 4 rings (SSSR count). The number of fused-ring (bicyclic) bond motifs is 3. The molecule has 4 aromatic rings. The second-order valence-corrected chi connectivity index (χ2v) is 7.04. The van der Waals surface area contributed by atoms with Gasteiger partial charge in [-0.1, -0.05) is 0 Å². The molecule has 0 aliphatic rings. The lowest BCUT2D eigenvalue weighted by Gasteiger charge is -2.10. The lowest BCUT2D eigenvalue weighted by atomic mass is 10.2. The van der Waals surface area contributed by atoms with Gasteiger partial charge in [0.05, 0.1) is 7.11 Å². The summed E-state index contributed by atoms with van der Waals surface area (Å²) < 4.78 is 44.9. The molecule has 0 atom stereocenters. The van der Waals surface area contributed by atoms with Gasteiger partial charge in [-0.05, 0) is 36.4 Å². The number of benzene rings is 1. The third-order valence-corrected chi connectivity index (χ3v) is 5.36. The molecule has 0 saturated carbocycles. The molecule has 0 amide bonds. The summed E-state index contributed by atoms with van der Waals surface area (Å²) in [5.74, 6) is 0.671. The number of pyridine rings is 2. The molecule has 0 saturated heterocycles. The molecule has 144 valence electrons. The highest BCUT2D eigenvalue weighted by atomic mass is 32.1. The van der Waals surface area contributed by atoms with E-state index in [1.54, 1.807) is 43.6 Å². The van der Waals surface area contributed by atoms with E-state index in [4.69, 9.17) is 4.74 Å². The van der Waals surface area contributed by atoms with Crippen LogP contribution in [0.25, 0.3) is 26.0 Å². The maximum Gasteiger partial charge on any atom is 0.405 e. The highest BCUT2D eigenvalue weighted by Crippen LogP contribution is 2.35. The predicted octanol–water partition coefficient (Wildman–Crippen LogP) is 4.58. The molecular formula is C19H14F3N3O2S. The van der Waals surface area contributed by atoms with E-state index < -0.39 is 12.7 Å². The van der Waals surface area contributed by atoms with Crippen LogP contribution in [-0.2, 0) is 0 Å². The van der Waals surface area contributed by atoms with E-state index in [1.807, 2.05) is 0 Å². The number of ether oxygens (including phenoxy) is 1. The van der Waals surface area contributed by atoms with Crippen LogP contribution in [0.3, 0.4) is 0 Å². The number of rotatable bonds is 4. The first kappa shape index (κ1) is 18.3. The number of methoxy groups -OCH3 is 1. The van der Waals surface area contributed by atoms with Gasteiger partial charge in [0, 0.05) is 34.5 Å². The van der Waals surface area contributed by atoms with Gasteiger partial charge in [-0.3, -0.25) is 9.36 Å². The number of alkyl halides is 3. The maximum absolute atomic E-state index is 13.0. The summed E-state index contributed by atoms with van der Waals surface area (Å²) in [7, 11) is 1.56. The number of hydrogen-bond acceptors (Lipinski definition) is 5. The van der Waals surface area contributed by atoms with E-state index >= 15 is 0 Å². The fourth-order valence-electron chi connectivity index (χ4n) is 2.98. The SMILES string of the molecule is COc1ccc(-n2ccc3c(sc4nccc(NCC(F)(F)F)c43)c2=O)cc1. The second-order valence-electron chi connectivity index (χ2n) is 6.04. The largest absolute Gasteiger partial charge is 0.497 e. The first-order chi connectivity index (χ1) is 13.4. The van der Waals surface area contributed by atoms with E-state index in [2.05, 4.69) is 10.3 Å². The Kier molecular flexibility index (Phi) is 4.46. The van der Waals surface area contributed by atoms with Gasteiger partial charge in [-0.25, -0.2) is 4.98 Å². The van der Waals surface area contributed by atoms with Gasteiger partial charge in [0.25, 0.3) is 5.56 Å². The zero-order chi connectivity index (χ0) is 19.9. The molecule has 0 fully saturated rings. The molecule has 0 bridgehead atoms. The molecule has 1 aromatic carbocycles. The molecular weight excluding hydrogens is 391 g/mol. The fourth-order valence-corrected chi connectivity index (χ4v) is 4.07. The van der Waals surface area contributed by atoms with Gasteiger partial charge in [0.15, 0.2) is 0 Å². The van der Waals surface area contributed by atoms with Crippen molar-refractivity contribution < 1.29 is 17.9 Å². The molecule has 0 radical (unpaired) electrons. The first-order valence-electron chi connectivity index (χ1n) is 8.25. The van der Waals surface area contributed by atoms with Crippen molar-refractivity contribution in [3.05, 3.63) is 59.1 Å². The molecule has 3 heterocycles. The molecule has 9 heteroatoms. The van der Waals surface area contributed by atoms with Crippen LogP contribution >= 0.6 is 11.3 Å². The summed E-state index contributed by atoms with van der Waals surface area (Å²) in [5, 5.41) is 3.50. The van der Waals surface area contributed by atoms with Crippen molar-refractivity contribution in [2.24, 2.45) is 0 Å². The Bertz CT molecular complexity index is 1210. The molecule has 0 aliphatic heterocycles.